The Morgan fingerprint density at radius 3 is 2.56 bits per heavy atom. The zero-order valence-corrected chi connectivity index (χ0v) is 29.8. The minimum Gasteiger partial charge on any atom is -0.494 e. The van der Waals surface area contributed by atoms with Crippen LogP contribution < -0.4 is 15.0 Å². The average molecular weight is 682 g/mol. The lowest BCUT2D eigenvalue weighted by Crippen LogP contribution is -2.49. The zero-order valence-electron chi connectivity index (χ0n) is 28.8. The summed E-state index contributed by atoms with van der Waals surface area (Å²) in [7, 11) is -3.00. The van der Waals surface area contributed by atoms with E-state index in [0.29, 0.717) is 45.4 Å². The second kappa shape index (κ2) is 16.5. The van der Waals surface area contributed by atoms with E-state index in [4.69, 9.17) is 9.47 Å². The summed E-state index contributed by atoms with van der Waals surface area (Å²) < 4.78 is 29.8. The number of aromatic nitrogens is 3. The quantitative estimate of drug-likeness (QED) is 0.102. The van der Waals surface area contributed by atoms with Gasteiger partial charge in [-0.2, -0.15) is 0 Å². The maximum atomic E-state index is 15.7. The number of hydrogen-bond donors (Lipinski definition) is 3. The zero-order chi connectivity index (χ0) is 34.3. The maximum absolute atomic E-state index is 15.7. The largest absolute Gasteiger partial charge is 0.494 e. The first kappa shape index (κ1) is 36.1. The van der Waals surface area contributed by atoms with Crippen molar-refractivity contribution in [3.8, 4) is 5.75 Å². The molecule has 0 radical (unpaired) electrons. The molecule has 5 rings (SSSR count). The second-order valence-corrected chi connectivity index (χ2v) is 17.4. The smallest absolute Gasteiger partial charge is 0.249 e. The van der Waals surface area contributed by atoms with Crippen molar-refractivity contribution in [3.63, 3.8) is 0 Å². The highest BCUT2D eigenvalue weighted by Crippen LogP contribution is 2.47. The van der Waals surface area contributed by atoms with E-state index < -0.39 is 8.41 Å². The number of nitrogens with zero attached hydrogens (tertiary/aromatic N) is 4. The van der Waals surface area contributed by atoms with Crippen molar-refractivity contribution < 1.29 is 28.6 Å². The highest BCUT2D eigenvalue weighted by molar-refractivity contribution is 6.72. The summed E-state index contributed by atoms with van der Waals surface area (Å²) in [6.07, 6.45) is 6.38. The molecule has 3 heterocycles. The molecule has 1 amide bonds. The predicted octanol–water partition coefficient (Wildman–Crippen LogP) is 5.13. The number of amides is 1. The highest BCUT2D eigenvalue weighted by atomic mass is 28.4. The molecule has 3 aromatic rings. The molecule has 2 aliphatic rings. The molecule has 0 aliphatic carbocycles. The summed E-state index contributed by atoms with van der Waals surface area (Å²) in [4.78, 5) is 15.6. The molecular formula is C36H52FN5O5Si. The molecule has 1 aromatic heterocycles. The number of halogens is 1. The van der Waals surface area contributed by atoms with E-state index in [9.17, 15) is 15.0 Å². The number of ether oxygens (including phenoxy) is 2. The molecule has 1 saturated heterocycles. The lowest BCUT2D eigenvalue weighted by Gasteiger charge is -2.35. The van der Waals surface area contributed by atoms with Gasteiger partial charge in [0.25, 0.3) is 0 Å². The van der Waals surface area contributed by atoms with Gasteiger partial charge in [-0.15, -0.1) is 5.10 Å². The fourth-order valence-corrected chi connectivity index (χ4v) is 10.0. The molecule has 48 heavy (non-hydrogen) atoms. The van der Waals surface area contributed by atoms with E-state index in [1.807, 2.05) is 43.5 Å². The molecule has 2 aliphatic heterocycles. The fraction of sp³-hybridized carbons (Fsp3) is 0.583. The molecule has 0 bridgehead atoms. The van der Waals surface area contributed by atoms with Crippen LogP contribution in [0.5, 0.6) is 5.75 Å². The molecule has 5 atom stereocenters. The van der Waals surface area contributed by atoms with Crippen LogP contribution in [0, 0.1) is 5.92 Å². The Hall–Kier alpha value is -3.16. The van der Waals surface area contributed by atoms with Crippen LogP contribution in [0.4, 0.5) is 15.5 Å². The topological polar surface area (TPSA) is 122 Å². The van der Waals surface area contributed by atoms with Crippen LogP contribution in [0.25, 0.3) is 0 Å². The van der Waals surface area contributed by atoms with Crippen LogP contribution in [-0.2, 0) is 35.3 Å². The van der Waals surface area contributed by atoms with Crippen LogP contribution in [0.15, 0.2) is 48.7 Å². The van der Waals surface area contributed by atoms with Crippen molar-refractivity contribution in [2.24, 2.45) is 5.92 Å². The van der Waals surface area contributed by atoms with E-state index in [2.05, 4.69) is 34.7 Å². The Balaban J connectivity index is 1.25. The SMILES string of the molecule is CCOc1ccc2c(c1)CC(NCCCCO)C(=O)N2c1ccc(CC[C@@H]2O[C@H](CCn3cc(CCO)nn3)[C@@H]([Si](C)(C)F)[C@@H]2C)cc1. The molecule has 2 aromatic carbocycles. The summed E-state index contributed by atoms with van der Waals surface area (Å²) in [6, 6.07) is 13.7. The number of aliphatic hydroxyl groups is 2. The lowest BCUT2D eigenvalue weighted by molar-refractivity contribution is -0.120. The first-order valence-electron chi connectivity index (χ1n) is 17.5. The van der Waals surface area contributed by atoms with Gasteiger partial charge in [0.2, 0.25) is 14.3 Å². The molecule has 3 N–H and O–H groups in total. The molecule has 262 valence electrons. The van der Waals surface area contributed by atoms with Gasteiger partial charge in [0.15, 0.2) is 0 Å². The molecule has 0 saturated carbocycles. The number of unbranched alkanes of at least 4 members (excludes halogenated alkanes) is 1. The van der Waals surface area contributed by atoms with Gasteiger partial charge >= 0.3 is 0 Å². The van der Waals surface area contributed by atoms with Gasteiger partial charge in [0.05, 0.1) is 36.2 Å². The van der Waals surface area contributed by atoms with Crippen LogP contribution in [-0.4, -0.2) is 84.1 Å². The first-order valence-corrected chi connectivity index (χ1v) is 20.5. The third-order valence-electron chi connectivity index (χ3n) is 9.73. The standard InChI is InChI=1S/C36H52FN5O5Si/c1-5-46-30-13-14-32-27(22-30)23-31(38-18-6-7-20-43)36(45)42(32)29-11-8-26(9-12-29)10-15-33-25(2)35(48(3,4)37)34(47-33)16-19-41-24-28(17-21-44)39-40-41/h8-9,11-14,22,24-25,31,33-35,38,43-44H,5-7,10,15-21,23H2,1-4H3/t25-,31?,33+,34-,35+/m1/s1. The van der Waals surface area contributed by atoms with E-state index >= 15 is 4.11 Å². The van der Waals surface area contributed by atoms with E-state index in [-0.39, 0.29) is 48.8 Å². The number of rotatable bonds is 17. The van der Waals surface area contributed by atoms with E-state index in [0.717, 1.165) is 53.2 Å². The minimum atomic E-state index is -3.00. The van der Waals surface area contributed by atoms with Crippen molar-refractivity contribution >= 4 is 25.7 Å². The van der Waals surface area contributed by atoms with Crippen molar-refractivity contribution in [3.05, 3.63) is 65.5 Å². The second-order valence-electron chi connectivity index (χ2n) is 13.6. The van der Waals surface area contributed by atoms with Crippen LogP contribution in [0.1, 0.15) is 56.4 Å². The third kappa shape index (κ3) is 8.70. The van der Waals surface area contributed by atoms with Crippen molar-refractivity contribution in [2.45, 2.75) is 102 Å². The van der Waals surface area contributed by atoms with Gasteiger partial charge in [0, 0.05) is 43.6 Å². The van der Waals surface area contributed by atoms with Crippen LogP contribution in [0.2, 0.25) is 18.6 Å². The lowest BCUT2D eigenvalue weighted by atomic mass is 9.94. The molecule has 1 fully saturated rings. The number of nitrogens with one attached hydrogen (secondary N) is 1. The Morgan fingerprint density at radius 1 is 1.06 bits per heavy atom. The van der Waals surface area contributed by atoms with Gasteiger partial charge in [0.1, 0.15) is 5.75 Å². The summed E-state index contributed by atoms with van der Waals surface area (Å²) in [5.74, 6) is 0.895. The number of aliphatic hydroxyl groups excluding tert-OH is 2. The van der Waals surface area contributed by atoms with Gasteiger partial charge in [-0.1, -0.05) is 24.3 Å². The van der Waals surface area contributed by atoms with Crippen molar-refractivity contribution in [1.82, 2.24) is 20.3 Å². The van der Waals surface area contributed by atoms with Gasteiger partial charge in [-0.05, 0) is 112 Å². The van der Waals surface area contributed by atoms with Crippen LogP contribution in [0.3, 0.4) is 0 Å². The number of aryl methyl sites for hydroxylation is 2. The number of benzene rings is 2. The van der Waals surface area contributed by atoms with Gasteiger partial charge < -0.3 is 29.1 Å². The highest BCUT2D eigenvalue weighted by Gasteiger charge is 2.50. The van der Waals surface area contributed by atoms with Crippen LogP contribution >= 0.6 is 0 Å². The number of hydrogen-bond acceptors (Lipinski definition) is 8. The Bertz CT molecular complexity index is 1480. The predicted molar refractivity (Wildman–Crippen MR) is 187 cm³/mol. The molecule has 1 unspecified atom stereocenters. The van der Waals surface area contributed by atoms with Gasteiger partial charge in [-0.25, -0.2) is 0 Å². The Kier molecular flexibility index (Phi) is 12.4. The average Bonchev–Trinajstić information content (AvgIpc) is 3.65. The number of anilines is 2. The first-order chi connectivity index (χ1) is 23.1. The van der Waals surface area contributed by atoms with Crippen molar-refractivity contribution in [2.75, 3.05) is 31.3 Å². The van der Waals surface area contributed by atoms with E-state index in [1.165, 1.54) is 0 Å². The normalized spacial score (nSPS) is 22.7. The van der Waals surface area contributed by atoms with Crippen molar-refractivity contribution in [1.29, 1.82) is 0 Å². The summed E-state index contributed by atoms with van der Waals surface area (Å²) in [6.45, 7) is 9.64. The number of carbonyl (C=O) groups is 1. The molecule has 0 spiro atoms. The molecular weight excluding hydrogens is 630 g/mol. The third-order valence-corrected chi connectivity index (χ3v) is 12.2. The molecule has 10 nitrogen and oxygen atoms in total. The van der Waals surface area contributed by atoms with Gasteiger partial charge in [-0.3, -0.25) is 14.4 Å². The number of carbonyl (C=O) groups excluding carboxylic acids is 1. The summed E-state index contributed by atoms with van der Waals surface area (Å²) in [5, 5.41) is 30.0. The molecule has 12 heteroatoms. The van der Waals surface area contributed by atoms with E-state index in [1.54, 1.807) is 22.7 Å². The minimum absolute atomic E-state index is 0.00203. The fourth-order valence-electron chi connectivity index (χ4n) is 7.43. The maximum Gasteiger partial charge on any atom is 0.249 e. The Morgan fingerprint density at radius 2 is 1.85 bits per heavy atom. The summed E-state index contributed by atoms with van der Waals surface area (Å²) >= 11 is 0. The number of fused-ring (bicyclic) bond motifs is 1. The summed E-state index contributed by atoms with van der Waals surface area (Å²) in [5.41, 5.74) is 4.50. The monoisotopic (exact) mass is 681 g/mol. The Labute approximate surface area is 284 Å².